The number of aliphatic carboxylic acids is 1. The van der Waals surface area contributed by atoms with Crippen LogP contribution in [-0.2, 0) is 9.53 Å². The van der Waals surface area contributed by atoms with Crippen molar-refractivity contribution >= 4 is 5.97 Å². The lowest BCUT2D eigenvalue weighted by Crippen LogP contribution is -2.37. The van der Waals surface area contributed by atoms with Crippen LogP contribution in [0.3, 0.4) is 0 Å². The molecule has 0 aromatic heterocycles. The van der Waals surface area contributed by atoms with Crippen LogP contribution in [0.2, 0.25) is 0 Å². The average molecular weight is 254 g/mol. The summed E-state index contributed by atoms with van der Waals surface area (Å²) in [5.74, 6) is -0.763. The van der Waals surface area contributed by atoms with Gasteiger partial charge in [0.15, 0.2) is 0 Å². The van der Waals surface area contributed by atoms with Crippen LogP contribution in [-0.4, -0.2) is 24.0 Å². The first-order valence-corrected chi connectivity index (χ1v) is 5.69. The molecule has 2 atom stereocenters. The molecule has 1 aliphatic rings. The lowest BCUT2D eigenvalue weighted by molar-refractivity contribution is -0.326. The van der Waals surface area contributed by atoms with Crippen LogP contribution in [0.4, 0.5) is 13.2 Å². The molecule has 0 bridgehead atoms. The van der Waals surface area contributed by atoms with Crippen molar-refractivity contribution in [3.05, 3.63) is 0 Å². The van der Waals surface area contributed by atoms with Crippen molar-refractivity contribution in [2.24, 2.45) is 11.3 Å². The van der Waals surface area contributed by atoms with Gasteiger partial charge in [0, 0.05) is 0 Å². The molecule has 1 fully saturated rings. The van der Waals surface area contributed by atoms with Gasteiger partial charge in [-0.1, -0.05) is 19.8 Å². The van der Waals surface area contributed by atoms with Crippen LogP contribution in [0.25, 0.3) is 0 Å². The first kappa shape index (κ1) is 14.3. The molecule has 0 radical (unpaired) electrons. The average Bonchev–Trinajstić information content (AvgIpc) is 2.15. The number of hydrogen-bond acceptors (Lipinski definition) is 2. The summed E-state index contributed by atoms with van der Waals surface area (Å²) >= 11 is 0. The second kappa shape index (κ2) is 5.25. The first-order chi connectivity index (χ1) is 7.75. The molecule has 17 heavy (non-hydrogen) atoms. The summed E-state index contributed by atoms with van der Waals surface area (Å²) in [6, 6.07) is 0. The van der Waals surface area contributed by atoms with E-state index in [-0.39, 0.29) is 12.3 Å². The van der Waals surface area contributed by atoms with E-state index >= 15 is 0 Å². The number of hydrogen-bond donors (Lipinski definition) is 1. The van der Waals surface area contributed by atoms with Gasteiger partial charge in [-0.25, -0.2) is 0 Å². The molecule has 1 N–H and O–H groups in total. The maximum atomic E-state index is 11.8. The van der Waals surface area contributed by atoms with Gasteiger partial charge in [-0.05, 0) is 25.2 Å². The van der Waals surface area contributed by atoms with Gasteiger partial charge in [-0.15, -0.1) is 13.2 Å². The minimum atomic E-state index is -4.68. The molecule has 3 nitrogen and oxygen atoms in total. The third-order valence-electron chi connectivity index (χ3n) is 3.39. The third kappa shape index (κ3) is 4.18. The molecule has 0 aromatic rings. The molecule has 0 saturated heterocycles. The molecule has 1 rings (SSSR count). The predicted octanol–water partition coefficient (Wildman–Crippen LogP) is 3.19. The number of halogens is 3. The standard InChI is InChI=1S/C11H17F3O3/c1-8-3-2-4-10(7-8,9(15)16)5-6-17-11(12,13)14/h8H,2-7H2,1H3,(H,15,16). The van der Waals surface area contributed by atoms with Gasteiger partial charge in [0.2, 0.25) is 0 Å². The Balaban J connectivity index is 2.57. The van der Waals surface area contributed by atoms with E-state index in [0.717, 1.165) is 12.8 Å². The maximum Gasteiger partial charge on any atom is 0.522 e. The molecule has 0 aliphatic heterocycles. The second-order valence-electron chi connectivity index (χ2n) is 4.83. The molecule has 0 spiro atoms. The summed E-state index contributed by atoms with van der Waals surface area (Å²) in [7, 11) is 0. The lowest BCUT2D eigenvalue weighted by atomic mass is 9.68. The minimum absolute atomic E-state index is 0.0772. The van der Waals surface area contributed by atoms with E-state index < -0.39 is 24.4 Å². The zero-order valence-electron chi connectivity index (χ0n) is 9.72. The van der Waals surface area contributed by atoms with E-state index in [4.69, 9.17) is 0 Å². The van der Waals surface area contributed by atoms with Gasteiger partial charge in [0.25, 0.3) is 0 Å². The number of carbonyl (C=O) groups is 1. The Morgan fingerprint density at radius 2 is 2.18 bits per heavy atom. The van der Waals surface area contributed by atoms with Gasteiger partial charge in [0.05, 0.1) is 12.0 Å². The molecule has 1 saturated carbocycles. The molecule has 0 aromatic carbocycles. The molecule has 2 unspecified atom stereocenters. The van der Waals surface area contributed by atoms with E-state index in [1.54, 1.807) is 0 Å². The van der Waals surface area contributed by atoms with Crippen LogP contribution in [0.1, 0.15) is 39.0 Å². The Bertz CT molecular complexity index is 278. The molecule has 6 heteroatoms. The summed E-state index contributed by atoms with van der Waals surface area (Å²) in [5, 5.41) is 9.20. The number of alkyl halides is 3. The third-order valence-corrected chi connectivity index (χ3v) is 3.39. The van der Waals surface area contributed by atoms with Gasteiger partial charge in [-0.2, -0.15) is 0 Å². The van der Waals surface area contributed by atoms with Crippen molar-refractivity contribution < 1.29 is 27.8 Å². The van der Waals surface area contributed by atoms with Crippen molar-refractivity contribution in [2.45, 2.75) is 45.4 Å². The van der Waals surface area contributed by atoms with Gasteiger partial charge in [0.1, 0.15) is 0 Å². The van der Waals surface area contributed by atoms with Crippen LogP contribution >= 0.6 is 0 Å². The number of carboxylic acid groups (broad SMARTS) is 1. The Morgan fingerprint density at radius 3 is 2.65 bits per heavy atom. The predicted molar refractivity (Wildman–Crippen MR) is 54.3 cm³/mol. The van der Waals surface area contributed by atoms with Crippen molar-refractivity contribution in [3.8, 4) is 0 Å². The van der Waals surface area contributed by atoms with Crippen LogP contribution in [0, 0.1) is 11.3 Å². The summed E-state index contributed by atoms with van der Waals surface area (Å²) < 4.78 is 39.2. The highest BCUT2D eigenvalue weighted by atomic mass is 19.4. The van der Waals surface area contributed by atoms with Gasteiger partial charge >= 0.3 is 12.3 Å². The Kier molecular flexibility index (Phi) is 4.41. The van der Waals surface area contributed by atoms with Gasteiger partial charge < -0.3 is 5.11 Å². The molecular weight excluding hydrogens is 237 g/mol. The minimum Gasteiger partial charge on any atom is -0.481 e. The fourth-order valence-corrected chi connectivity index (χ4v) is 2.55. The van der Waals surface area contributed by atoms with Crippen LogP contribution in [0.15, 0.2) is 0 Å². The molecule has 0 heterocycles. The highest BCUT2D eigenvalue weighted by molar-refractivity contribution is 5.74. The van der Waals surface area contributed by atoms with Gasteiger partial charge in [-0.3, -0.25) is 9.53 Å². The largest absolute Gasteiger partial charge is 0.522 e. The Morgan fingerprint density at radius 1 is 1.53 bits per heavy atom. The summed E-state index contributed by atoms with van der Waals surface area (Å²) in [6.45, 7) is 1.35. The number of ether oxygens (including phenoxy) is 1. The molecule has 1 aliphatic carbocycles. The zero-order valence-corrected chi connectivity index (χ0v) is 9.72. The fourth-order valence-electron chi connectivity index (χ4n) is 2.55. The number of carboxylic acids is 1. The Hall–Kier alpha value is -0.780. The zero-order chi connectivity index (χ0) is 13.1. The monoisotopic (exact) mass is 254 g/mol. The van der Waals surface area contributed by atoms with Crippen molar-refractivity contribution in [1.29, 1.82) is 0 Å². The summed E-state index contributed by atoms with van der Waals surface area (Å²) in [6.07, 6.45) is -2.20. The Labute approximate surface area is 97.9 Å². The van der Waals surface area contributed by atoms with E-state index in [1.807, 2.05) is 6.92 Å². The SMILES string of the molecule is CC1CCCC(CCOC(F)(F)F)(C(=O)O)C1. The highest BCUT2D eigenvalue weighted by Gasteiger charge is 2.42. The highest BCUT2D eigenvalue weighted by Crippen LogP contribution is 2.42. The summed E-state index contributed by atoms with van der Waals surface area (Å²) in [4.78, 5) is 11.2. The van der Waals surface area contributed by atoms with Crippen molar-refractivity contribution in [1.82, 2.24) is 0 Å². The molecule has 100 valence electrons. The quantitative estimate of drug-likeness (QED) is 0.838. The fraction of sp³-hybridized carbons (Fsp3) is 0.909. The summed E-state index contributed by atoms with van der Waals surface area (Å²) in [5.41, 5.74) is -1.04. The lowest BCUT2D eigenvalue weighted by Gasteiger charge is -2.36. The smallest absolute Gasteiger partial charge is 0.481 e. The second-order valence-corrected chi connectivity index (χ2v) is 4.83. The van der Waals surface area contributed by atoms with Crippen LogP contribution in [0.5, 0.6) is 0 Å². The van der Waals surface area contributed by atoms with E-state index in [9.17, 15) is 23.1 Å². The van der Waals surface area contributed by atoms with Crippen molar-refractivity contribution in [3.63, 3.8) is 0 Å². The normalized spacial score (nSPS) is 30.2. The van der Waals surface area contributed by atoms with Crippen molar-refractivity contribution in [2.75, 3.05) is 6.61 Å². The maximum absolute atomic E-state index is 11.8. The molecule has 0 amide bonds. The molecular formula is C11H17F3O3. The van der Waals surface area contributed by atoms with Crippen LogP contribution < -0.4 is 0 Å². The van der Waals surface area contributed by atoms with E-state index in [0.29, 0.717) is 12.8 Å². The first-order valence-electron chi connectivity index (χ1n) is 5.69. The van der Waals surface area contributed by atoms with E-state index in [2.05, 4.69) is 4.74 Å². The topological polar surface area (TPSA) is 46.5 Å². The van der Waals surface area contributed by atoms with E-state index in [1.165, 1.54) is 0 Å². The number of rotatable bonds is 4.